The summed E-state index contributed by atoms with van der Waals surface area (Å²) in [7, 11) is 0. The van der Waals surface area contributed by atoms with E-state index in [1.165, 1.54) is 0 Å². The molecule has 7 heteroatoms. The van der Waals surface area contributed by atoms with Crippen LogP contribution in [0.4, 0.5) is 0 Å². The standard InChI is InChI=1S/C22H32N2O5/c1-16(2)29-20-10-6-9-19(25)18(15-24-11-13-28-14-12-24)22(27,23-21(20)26)17-7-4-3-5-8-17/h3-5,7-8,16,18,20,27H,6,9-15H2,1-2H3,(H,23,26)/t18-,20?,22-/m1/s1. The lowest BCUT2D eigenvalue weighted by atomic mass is 9.83. The summed E-state index contributed by atoms with van der Waals surface area (Å²) in [6.45, 7) is 6.70. The number of rotatable bonds is 5. The molecule has 0 saturated carbocycles. The van der Waals surface area contributed by atoms with Crippen molar-refractivity contribution >= 4 is 11.7 Å². The number of hydrogen-bond acceptors (Lipinski definition) is 6. The van der Waals surface area contributed by atoms with Crippen molar-refractivity contribution in [1.82, 2.24) is 10.2 Å². The summed E-state index contributed by atoms with van der Waals surface area (Å²) in [5.74, 6) is -1.20. The van der Waals surface area contributed by atoms with E-state index in [1.807, 2.05) is 19.9 Å². The van der Waals surface area contributed by atoms with Crippen LogP contribution in [0.1, 0.15) is 38.7 Å². The molecule has 2 heterocycles. The molecule has 29 heavy (non-hydrogen) atoms. The van der Waals surface area contributed by atoms with Crippen molar-refractivity contribution in [2.45, 2.75) is 51.0 Å². The van der Waals surface area contributed by atoms with Crippen molar-refractivity contribution in [3.63, 3.8) is 0 Å². The van der Waals surface area contributed by atoms with E-state index in [2.05, 4.69) is 10.2 Å². The SMILES string of the molecule is CC(C)OC1CCCC(=O)[C@@H](CN2CCOCC2)[C@](O)(c2ccccc2)NC1=O. The Morgan fingerprint density at radius 3 is 2.59 bits per heavy atom. The Labute approximate surface area is 172 Å². The summed E-state index contributed by atoms with van der Waals surface area (Å²) in [5.41, 5.74) is -1.29. The van der Waals surface area contributed by atoms with E-state index >= 15 is 0 Å². The third kappa shape index (κ3) is 5.42. The first-order valence-electron chi connectivity index (χ1n) is 10.5. The molecule has 2 fully saturated rings. The number of nitrogens with one attached hydrogen (secondary N) is 1. The molecule has 1 amide bonds. The van der Waals surface area contributed by atoms with Crippen LogP contribution in [0.25, 0.3) is 0 Å². The fourth-order valence-corrected chi connectivity index (χ4v) is 4.06. The first-order chi connectivity index (χ1) is 13.9. The van der Waals surface area contributed by atoms with E-state index in [9.17, 15) is 14.7 Å². The molecule has 2 N–H and O–H groups in total. The number of aliphatic hydroxyl groups is 1. The second-order valence-electron chi connectivity index (χ2n) is 8.12. The molecule has 7 nitrogen and oxygen atoms in total. The minimum absolute atomic E-state index is 0.0478. The van der Waals surface area contributed by atoms with Gasteiger partial charge in [-0.3, -0.25) is 14.5 Å². The summed E-state index contributed by atoms with van der Waals surface area (Å²) in [5, 5.41) is 14.6. The smallest absolute Gasteiger partial charge is 0.251 e. The Hall–Kier alpha value is -1.80. The molecule has 1 aromatic rings. The molecule has 2 aliphatic heterocycles. The number of ketones is 1. The Kier molecular flexibility index (Phi) is 7.40. The summed E-state index contributed by atoms with van der Waals surface area (Å²) >= 11 is 0. The third-order valence-electron chi connectivity index (χ3n) is 5.58. The minimum atomic E-state index is -1.79. The molecule has 1 unspecified atom stereocenters. The van der Waals surface area contributed by atoms with Crippen molar-refractivity contribution in [3.8, 4) is 0 Å². The average molecular weight is 405 g/mol. The van der Waals surface area contributed by atoms with Gasteiger partial charge in [0.25, 0.3) is 5.91 Å². The number of carbonyl (C=O) groups excluding carboxylic acids is 2. The van der Waals surface area contributed by atoms with Gasteiger partial charge in [-0.2, -0.15) is 0 Å². The largest absolute Gasteiger partial charge is 0.379 e. The number of ether oxygens (including phenoxy) is 2. The zero-order valence-corrected chi connectivity index (χ0v) is 17.3. The van der Waals surface area contributed by atoms with Crippen LogP contribution in [-0.2, 0) is 24.8 Å². The second-order valence-corrected chi connectivity index (χ2v) is 8.12. The van der Waals surface area contributed by atoms with Gasteiger partial charge in [0.1, 0.15) is 11.9 Å². The van der Waals surface area contributed by atoms with Gasteiger partial charge in [-0.25, -0.2) is 0 Å². The van der Waals surface area contributed by atoms with Gasteiger partial charge in [-0.15, -0.1) is 0 Å². The second kappa shape index (κ2) is 9.80. The Morgan fingerprint density at radius 1 is 1.24 bits per heavy atom. The van der Waals surface area contributed by atoms with Gasteiger partial charge < -0.3 is 19.9 Å². The molecular weight excluding hydrogens is 372 g/mol. The average Bonchev–Trinajstić information content (AvgIpc) is 2.75. The van der Waals surface area contributed by atoms with E-state index in [0.717, 1.165) is 0 Å². The molecular formula is C22H32N2O5. The lowest BCUT2D eigenvalue weighted by Crippen LogP contribution is -2.58. The number of carbonyl (C=O) groups is 2. The molecule has 0 spiro atoms. The van der Waals surface area contributed by atoms with Crippen LogP contribution in [0.5, 0.6) is 0 Å². The third-order valence-corrected chi connectivity index (χ3v) is 5.58. The summed E-state index contributed by atoms with van der Waals surface area (Å²) in [6.07, 6.45) is 0.479. The summed E-state index contributed by atoms with van der Waals surface area (Å²) in [6, 6.07) is 8.93. The van der Waals surface area contributed by atoms with Crippen LogP contribution >= 0.6 is 0 Å². The Bertz CT molecular complexity index is 690. The predicted molar refractivity (Wildman–Crippen MR) is 108 cm³/mol. The van der Waals surface area contributed by atoms with E-state index in [0.29, 0.717) is 57.7 Å². The van der Waals surface area contributed by atoms with Crippen LogP contribution in [-0.4, -0.2) is 66.8 Å². The number of Topliss-reactive ketones (excluding diaryl/α,β-unsaturated/α-hetero) is 1. The summed E-state index contributed by atoms with van der Waals surface area (Å²) < 4.78 is 11.2. The monoisotopic (exact) mass is 404 g/mol. The normalized spacial score (nSPS) is 29.8. The van der Waals surface area contributed by atoms with Crippen molar-refractivity contribution < 1.29 is 24.2 Å². The summed E-state index contributed by atoms with van der Waals surface area (Å²) in [4.78, 5) is 28.4. The maximum atomic E-state index is 13.2. The van der Waals surface area contributed by atoms with Gasteiger partial charge >= 0.3 is 0 Å². The van der Waals surface area contributed by atoms with Crippen molar-refractivity contribution in [2.75, 3.05) is 32.8 Å². The number of hydrogen-bond donors (Lipinski definition) is 2. The highest BCUT2D eigenvalue weighted by atomic mass is 16.5. The predicted octanol–water partition coefficient (Wildman–Crippen LogP) is 1.44. The maximum Gasteiger partial charge on any atom is 0.251 e. The highest BCUT2D eigenvalue weighted by Crippen LogP contribution is 2.32. The van der Waals surface area contributed by atoms with Crippen molar-refractivity contribution in [3.05, 3.63) is 35.9 Å². The highest BCUT2D eigenvalue weighted by molar-refractivity contribution is 5.86. The molecule has 160 valence electrons. The van der Waals surface area contributed by atoms with Gasteiger partial charge in [-0.05, 0) is 26.7 Å². The molecule has 3 rings (SSSR count). The highest BCUT2D eigenvalue weighted by Gasteiger charge is 2.46. The van der Waals surface area contributed by atoms with Crippen LogP contribution in [0.15, 0.2) is 30.3 Å². The van der Waals surface area contributed by atoms with Crippen molar-refractivity contribution in [1.29, 1.82) is 0 Å². The molecule has 1 aromatic carbocycles. The quantitative estimate of drug-likeness (QED) is 0.772. The lowest BCUT2D eigenvalue weighted by Gasteiger charge is -2.40. The van der Waals surface area contributed by atoms with Gasteiger partial charge in [0, 0.05) is 31.6 Å². The molecule has 0 aromatic heterocycles. The van der Waals surface area contributed by atoms with Gasteiger partial charge in [0.15, 0.2) is 5.72 Å². The maximum absolute atomic E-state index is 13.2. The van der Waals surface area contributed by atoms with Crippen LogP contribution in [0.2, 0.25) is 0 Å². The fraction of sp³-hybridized carbons (Fsp3) is 0.636. The zero-order valence-electron chi connectivity index (χ0n) is 17.3. The first kappa shape index (κ1) is 21.9. The number of morpholine rings is 1. The van der Waals surface area contributed by atoms with E-state index < -0.39 is 17.7 Å². The number of nitrogens with zero attached hydrogens (tertiary/aromatic N) is 1. The van der Waals surface area contributed by atoms with E-state index in [1.54, 1.807) is 24.3 Å². The van der Waals surface area contributed by atoms with Crippen molar-refractivity contribution in [2.24, 2.45) is 5.92 Å². The molecule has 3 atom stereocenters. The molecule has 2 aliphatic rings. The zero-order chi connectivity index (χ0) is 20.9. The lowest BCUT2D eigenvalue weighted by molar-refractivity contribution is -0.153. The molecule has 2 saturated heterocycles. The number of amides is 1. The van der Waals surface area contributed by atoms with Gasteiger partial charge in [-0.1, -0.05) is 30.3 Å². The molecule has 0 aliphatic carbocycles. The molecule has 0 radical (unpaired) electrons. The number of benzene rings is 1. The van der Waals surface area contributed by atoms with Gasteiger partial charge in [0.2, 0.25) is 0 Å². The van der Waals surface area contributed by atoms with Crippen LogP contribution in [0, 0.1) is 5.92 Å². The van der Waals surface area contributed by atoms with Gasteiger partial charge in [0.05, 0.1) is 25.2 Å². The first-order valence-corrected chi connectivity index (χ1v) is 10.5. The van der Waals surface area contributed by atoms with E-state index in [4.69, 9.17) is 9.47 Å². The Balaban J connectivity index is 1.95. The van der Waals surface area contributed by atoms with E-state index in [-0.39, 0.29) is 17.8 Å². The topological polar surface area (TPSA) is 88.1 Å². The Morgan fingerprint density at radius 2 is 1.93 bits per heavy atom. The van der Waals surface area contributed by atoms with Crippen LogP contribution < -0.4 is 5.32 Å². The fourth-order valence-electron chi connectivity index (χ4n) is 4.06. The minimum Gasteiger partial charge on any atom is -0.379 e. The van der Waals surface area contributed by atoms with Crippen LogP contribution in [0.3, 0.4) is 0 Å². The molecule has 0 bridgehead atoms.